The van der Waals surface area contributed by atoms with Crippen molar-refractivity contribution in [2.45, 2.75) is 111 Å². The van der Waals surface area contributed by atoms with Gasteiger partial charge in [0.25, 0.3) is 0 Å². The summed E-state index contributed by atoms with van der Waals surface area (Å²) >= 11 is 0. The zero-order valence-corrected chi connectivity index (χ0v) is 21.6. The number of carbonyl (C=O) groups is 1. The first-order valence-electron chi connectivity index (χ1n) is 13.6. The Bertz CT molecular complexity index is 738. The SMILES string of the molecule is CC(C)[C@@H](C)[C@@H](O)[C@H](O)[C@@H](C)[C@H]1CC[C@H]2C3CC(=O)C4C[C@H](O)[C@H](O)C[C@]4(C)[C@H]3CC[C@]12C. The van der Waals surface area contributed by atoms with Crippen LogP contribution < -0.4 is 0 Å². The summed E-state index contributed by atoms with van der Waals surface area (Å²) in [5.41, 5.74) is -0.162. The average Bonchev–Trinajstić information content (AvgIpc) is 3.10. The molecule has 0 amide bonds. The van der Waals surface area contributed by atoms with Crippen molar-refractivity contribution >= 4 is 5.78 Å². The fourth-order valence-electron chi connectivity index (χ4n) is 9.23. The van der Waals surface area contributed by atoms with E-state index in [2.05, 4.69) is 34.6 Å². The minimum atomic E-state index is -0.782. The van der Waals surface area contributed by atoms with Crippen LogP contribution in [-0.4, -0.2) is 50.6 Å². The van der Waals surface area contributed by atoms with E-state index in [0.29, 0.717) is 48.9 Å². The maximum Gasteiger partial charge on any atom is 0.136 e. The van der Waals surface area contributed by atoms with E-state index in [1.54, 1.807) is 0 Å². The first-order chi connectivity index (χ1) is 15.3. The summed E-state index contributed by atoms with van der Waals surface area (Å²) in [6, 6.07) is 0. The molecule has 0 aromatic heterocycles. The van der Waals surface area contributed by atoms with Crippen LogP contribution in [0.15, 0.2) is 0 Å². The van der Waals surface area contributed by atoms with Gasteiger partial charge in [-0.2, -0.15) is 0 Å². The van der Waals surface area contributed by atoms with Crippen molar-refractivity contribution in [3.8, 4) is 0 Å². The Kier molecular flexibility index (Phi) is 6.88. The Morgan fingerprint density at radius 2 is 1.52 bits per heavy atom. The van der Waals surface area contributed by atoms with Crippen LogP contribution in [-0.2, 0) is 4.79 Å². The third-order valence-electron chi connectivity index (χ3n) is 11.7. The molecule has 0 heterocycles. The highest BCUT2D eigenvalue weighted by molar-refractivity contribution is 5.83. The van der Waals surface area contributed by atoms with E-state index in [9.17, 15) is 25.2 Å². The molecule has 190 valence electrons. The van der Waals surface area contributed by atoms with Gasteiger partial charge in [0.1, 0.15) is 5.78 Å². The molecular formula is C28H48O5. The lowest BCUT2D eigenvalue weighted by Crippen LogP contribution is -2.59. The molecule has 5 heteroatoms. The highest BCUT2D eigenvalue weighted by atomic mass is 16.3. The Morgan fingerprint density at radius 3 is 2.15 bits per heavy atom. The number of Topliss-reactive ketones (excluding diaryl/α,β-unsaturated/α-hetero) is 1. The Labute approximate surface area is 200 Å². The van der Waals surface area contributed by atoms with E-state index < -0.39 is 24.4 Å². The van der Waals surface area contributed by atoms with Gasteiger partial charge in [0.2, 0.25) is 0 Å². The molecule has 4 rings (SSSR count). The fourth-order valence-corrected chi connectivity index (χ4v) is 9.23. The lowest BCUT2D eigenvalue weighted by atomic mass is 9.44. The predicted molar refractivity (Wildman–Crippen MR) is 128 cm³/mol. The normalized spacial score (nSPS) is 49.1. The maximum atomic E-state index is 13.3. The molecule has 4 aliphatic rings. The molecule has 0 aromatic carbocycles. The average molecular weight is 465 g/mol. The van der Waals surface area contributed by atoms with Gasteiger partial charge in [0.15, 0.2) is 0 Å². The second-order valence-electron chi connectivity index (χ2n) is 13.4. The number of aliphatic hydroxyl groups is 4. The number of fused-ring (bicyclic) bond motifs is 5. The minimum Gasteiger partial charge on any atom is -0.390 e. The van der Waals surface area contributed by atoms with Gasteiger partial charge in [-0.15, -0.1) is 0 Å². The van der Waals surface area contributed by atoms with Crippen LogP contribution in [0.1, 0.15) is 86.5 Å². The fraction of sp³-hybridized carbons (Fsp3) is 0.964. The number of aliphatic hydroxyl groups excluding tert-OH is 4. The van der Waals surface area contributed by atoms with E-state index in [4.69, 9.17) is 0 Å². The lowest BCUT2D eigenvalue weighted by Gasteiger charge is -2.61. The van der Waals surface area contributed by atoms with Crippen LogP contribution in [0.5, 0.6) is 0 Å². The molecule has 0 spiro atoms. The van der Waals surface area contributed by atoms with Crippen LogP contribution in [0, 0.1) is 58.2 Å². The van der Waals surface area contributed by atoms with Crippen LogP contribution in [0.25, 0.3) is 0 Å². The number of hydrogen-bond donors (Lipinski definition) is 4. The zero-order chi connectivity index (χ0) is 24.5. The zero-order valence-electron chi connectivity index (χ0n) is 21.6. The molecule has 33 heavy (non-hydrogen) atoms. The van der Waals surface area contributed by atoms with E-state index >= 15 is 0 Å². The molecule has 4 saturated carbocycles. The molecule has 13 atom stereocenters. The van der Waals surface area contributed by atoms with Gasteiger partial charge in [0.05, 0.1) is 24.4 Å². The molecule has 0 saturated heterocycles. The topological polar surface area (TPSA) is 98.0 Å². The Hall–Kier alpha value is -0.490. The van der Waals surface area contributed by atoms with E-state index in [-0.39, 0.29) is 34.4 Å². The highest BCUT2D eigenvalue weighted by Gasteiger charge is 2.63. The molecular weight excluding hydrogens is 416 g/mol. The van der Waals surface area contributed by atoms with Crippen LogP contribution in [0.2, 0.25) is 0 Å². The summed E-state index contributed by atoms with van der Waals surface area (Å²) in [6.45, 7) is 12.9. The number of carbonyl (C=O) groups excluding carboxylic acids is 1. The van der Waals surface area contributed by atoms with Crippen molar-refractivity contribution in [2.24, 2.45) is 58.2 Å². The smallest absolute Gasteiger partial charge is 0.136 e. The van der Waals surface area contributed by atoms with E-state index in [1.807, 2.05) is 6.92 Å². The van der Waals surface area contributed by atoms with Crippen molar-refractivity contribution < 1.29 is 25.2 Å². The van der Waals surface area contributed by atoms with Gasteiger partial charge in [-0.3, -0.25) is 4.79 Å². The molecule has 0 aromatic rings. The highest BCUT2D eigenvalue weighted by Crippen LogP contribution is 2.67. The second-order valence-corrected chi connectivity index (χ2v) is 13.4. The van der Waals surface area contributed by atoms with Gasteiger partial charge >= 0.3 is 0 Å². The van der Waals surface area contributed by atoms with Crippen molar-refractivity contribution in [1.82, 2.24) is 0 Å². The third kappa shape index (κ3) is 3.93. The maximum absolute atomic E-state index is 13.3. The van der Waals surface area contributed by atoms with Crippen molar-refractivity contribution in [1.29, 1.82) is 0 Å². The van der Waals surface area contributed by atoms with Gasteiger partial charge < -0.3 is 20.4 Å². The molecule has 0 bridgehead atoms. The summed E-state index contributed by atoms with van der Waals surface area (Å²) < 4.78 is 0. The minimum absolute atomic E-state index is 0.0158. The van der Waals surface area contributed by atoms with Gasteiger partial charge in [-0.25, -0.2) is 0 Å². The van der Waals surface area contributed by atoms with Gasteiger partial charge in [0, 0.05) is 12.3 Å². The summed E-state index contributed by atoms with van der Waals surface area (Å²) in [5, 5.41) is 42.8. The van der Waals surface area contributed by atoms with Crippen molar-refractivity contribution in [3.05, 3.63) is 0 Å². The Balaban J connectivity index is 1.56. The molecule has 4 fully saturated rings. The monoisotopic (exact) mass is 464 g/mol. The third-order valence-corrected chi connectivity index (χ3v) is 11.7. The van der Waals surface area contributed by atoms with Crippen molar-refractivity contribution in [2.75, 3.05) is 0 Å². The number of rotatable bonds is 5. The van der Waals surface area contributed by atoms with Crippen LogP contribution >= 0.6 is 0 Å². The van der Waals surface area contributed by atoms with Gasteiger partial charge in [-0.05, 0) is 90.8 Å². The second kappa shape index (κ2) is 8.87. The Morgan fingerprint density at radius 1 is 0.879 bits per heavy atom. The first kappa shape index (κ1) is 25.6. The predicted octanol–water partition coefficient (Wildman–Crippen LogP) is 3.81. The van der Waals surface area contributed by atoms with Gasteiger partial charge in [-0.1, -0.05) is 41.5 Å². The largest absolute Gasteiger partial charge is 0.390 e. The summed E-state index contributed by atoms with van der Waals surface area (Å²) in [6.07, 6.45) is 2.80. The van der Waals surface area contributed by atoms with Crippen LogP contribution in [0.3, 0.4) is 0 Å². The quantitative estimate of drug-likeness (QED) is 0.496. The van der Waals surface area contributed by atoms with Crippen LogP contribution in [0.4, 0.5) is 0 Å². The summed E-state index contributed by atoms with van der Waals surface area (Å²) in [4.78, 5) is 13.3. The summed E-state index contributed by atoms with van der Waals surface area (Å²) in [7, 11) is 0. The number of ketones is 1. The van der Waals surface area contributed by atoms with E-state index in [0.717, 1.165) is 25.7 Å². The molecule has 0 radical (unpaired) electrons. The molecule has 4 N–H and O–H groups in total. The molecule has 5 nitrogen and oxygen atoms in total. The molecule has 4 aliphatic carbocycles. The number of hydrogen-bond acceptors (Lipinski definition) is 5. The standard InChI is InChI=1S/C28H48O5/c1-14(2)15(3)25(32)26(33)16(4)18-7-8-19-17-11-22(29)21-12-23(30)24(31)13-28(21,6)20(17)9-10-27(18,19)5/h14-21,23-26,30-33H,7-13H2,1-6H3/t15-,16+,17?,18-,19+,20+,21?,23+,24-,25-,26-,27-,28-/m1/s1. The summed E-state index contributed by atoms with van der Waals surface area (Å²) in [5.74, 6) is 2.05. The molecule has 2 unspecified atom stereocenters. The van der Waals surface area contributed by atoms with Crippen molar-refractivity contribution in [3.63, 3.8) is 0 Å². The lowest BCUT2D eigenvalue weighted by molar-refractivity contribution is -0.175. The molecule has 0 aliphatic heterocycles. The first-order valence-corrected chi connectivity index (χ1v) is 13.6. The van der Waals surface area contributed by atoms with E-state index in [1.165, 1.54) is 0 Å².